The molecule has 0 fully saturated rings. The minimum absolute atomic E-state index is 0.283. The maximum Gasteiger partial charge on any atom is 0.184 e. The summed E-state index contributed by atoms with van der Waals surface area (Å²) in [4.78, 5) is 3.20. The molecule has 0 amide bonds. The zero-order valence-electron chi connectivity index (χ0n) is 11.9. The normalized spacial score (nSPS) is 11.5. The molecule has 0 radical (unpaired) electrons. The van der Waals surface area contributed by atoms with Gasteiger partial charge in [-0.3, -0.25) is 4.57 Å². The van der Waals surface area contributed by atoms with Crippen LogP contribution in [0.25, 0.3) is 16.9 Å². The molecule has 0 bridgehead atoms. The van der Waals surface area contributed by atoms with Crippen LogP contribution in [0.5, 0.6) is 0 Å². The standard InChI is InChI=1S/C14H14BrFN4S/c1-4-19-13-12(8(3)18-19)17-14(21)20(13)11-6-9(15)10(16)5-7(11)2/h5-6H,4H2,1-3H3,(H,17,21). The fourth-order valence-electron chi connectivity index (χ4n) is 2.52. The lowest BCUT2D eigenvalue weighted by molar-refractivity contribution is 0.619. The van der Waals surface area contributed by atoms with Crippen molar-refractivity contribution in [2.75, 3.05) is 0 Å². The summed E-state index contributed by atoms with van der Waals surface area (Å²) in [5.74, 6) is -0.283. The van der Waals surface area contributed by atoms with Crippen LogP contribution in [-0.2, 0) is 6.54 Å². The van der Waals surface area contributed by atoms with Gasteiger partial charge in [-0.05, 0) is 66.6 Å². The van der Waals surface area contributed by atoms with Gasteiger partial charge in [0, 0.05) is 6.54 Å². The van der Waals surface area contributed by atoms with E-state index in [1.165, 1.54) is 6.07 Å². The molecule has 1 N–H and O–H groups in total. The largest absolute Gasteiger partial charge is 0.327 e. The Morgan fingerprint density at radius 3 is 2.76 bits per heavy atom. The number of aromatic nitrogens is 4. The van der Waals surface area contributed by atoms with Crippen molar-refractivity contribution in [3.63, 3.8) is 0 Å². The summed E-state index contributed by atoms with van der Waals surface area (Å²) in [6.45, 7) is 6.57. The van der Waals surface area contributed by atoms with E-state index in [9.17, 15) is 4.39 Å². The molecule has 21 heavy (non-hydrogen) atoms. The number of fused-ring (bicyclic) bond motifs is 1. The number of nitrogens with one attached hydrogen (secondary N) is 1. The Kier molecular flexibility index (Phi) is 3.49. The lowest BCUT2D eigenvalue weighted by Crippen LogP contribution is -2.05. The summed E-state index contributed by atoms with van der Waals surface area (Å²) in [5.41, 5.74) is 4.38. The molecule has 0 aliphatic rings. The number of benzene rings is 1. The van der Waals surface area contributed by atoms with Crippen molar-refractivity contribution in [1.29, 1.82) is 0 Å². The molecule has 2 heterocycles. The fraction of sp³-hybridized carbons (Fsp3) is 0.286. The quantitative estimate of drug-likeness (QED) is 0.679. The van der Waals surface area contributed by atoms with Gasteiger partial charge in [0.1, 0.15) is 11.3 Å². The highest BCUT2D eigenvalue weighted by Gasteiger charge is 2.17. The predicted octanol–water partition coefficient (Wildman–Crippen LogP) is 4.42. The zero-order valence-corrected chi connectivity index (χ0v) is 14.3. The van der Waals surface area contributed by atoms with Gasteiger partial charge in [0.05, 0.1) is 15.9 Å². The first kappa shape index (κ1) is 14.5. The Bertz CT molecular complexity index is 906. The number of H-pyrrole nitrogens is 1. The van der Waals surface area contributed by atoms with Gasteiger partial charge in [-0.1, -0.05) is 0 Å². The minimum atomic E-state index is -0.283. The molecule has 3 aromatic rings. The van der Waals surface area contributed by atoms with Crippen LogP contribution < -0.4 is 0 Å². The Morgan fingerprint density at radius 2 is 2.10 bits per heavy atom. The van der Waals surface area contributed by atoms with Crippen LogP contribution in [0.4, 0.5) is 4.39 Å². The third-order valence-electron chi connectivity index (χ3n) is 3.53. The van der Waals surface area contributed by atoms with E-state index in [0.717, 1.165) is 34.7 Å². The first-order valence-corrected chi connectivity index (χ1v) is 7.78. The molecular weight excluding hydrogens is 355 g/mol. The van der Waals surface area contributed by atoms with Crippen molar-refractivity contribution >= 4 is 39.3 Å². The summed E-state index contributed by atoms with van der Waals surface area (Å²) in [6, 6.07) is 3.25. The van der Waals surface area contributed by atoms with Gasteiger partial charge in [0.25, 0.3) is 0 Å². The first-order valence-electron chi connectivity index (χ1n) is 6.58. The van der Waals surface area contributed by atoms with Crippen molar-refractivity contribution < 1.29 is 4.39 Å². The van der Waals surface area contributed by atoms with Crippen LogP contribution >= 0.6 is 28.1 Å². The van der Waals surface area contributed by atoms with Crippen molar-refractivity contribution in [3.8, 4) is 5.69 Å². The van der Waals surface area contributed by atoms with Crippen LogP contribution in [-0.4, -0.2) is 19.3 Å². The number of imidazole rings is 1. The Labute approximate surface area is 134 Å². The summed E-state index contributed by atoms with van der Waals surface area (Å²) in [5, 5.41) is 4.50. The Hall–Kier alpha value is -1.47. The van der Waals surface area contributed by atoms with Gasteiger partial charge in [0.2, 0.25) is 0 Å². The first-order chi connectivity index (χ1) is 9.93. The van der Waals surface area contributed by atoms with Gasteiger partial charge in [-0.15, -0.1) is 0 Å². The molecule has 110 valence electrons. The average molecular weight is 369 g/mol. The average Bonchev–Trinajstić information content (AvgIpc) is 2.91. The Morgan fingerprint density at radius 1 is 1.38 bits per heavy atom. The third kappa shape index (κ3) is 2.15. The van der Waals surface area contributed by atoms with Gasteiger partial charge >= 0.3 is 0 Å². The lowest BCUT2D eigenvalue weighted by atomic mass is 10.2. The van der Waals surface area contributed by atoms with E-state index in [4.69, 9.17) is 12.2 Å². The second kappa shape index (κ2) is 5.06. The van der Waals surface area contributed by atoms with Crippen LogP contribution in [0.1, 0.15) is 18.2 Å². The molecule has 0 aliphatic heterocycles. The molecule has 7 heteroatoms. The van der Waals surface area contributed by atoms with Gasteiger partial charge < -0.3 is 4.98 Å². The highest BCUT2D eigenvalue weighted by Crippen LogP contribution is 2.28. The van der Waals surface area contributed by atoms with Gasteiger partial charge in [-0.2, -0.15) is 5.10 Å². The molecule has 0 atom stereocenters. The molecule has 0 saturated carbocycles. The van der Waals surface area contributed by atoms with Crippen LogP contribution in [0.15, 0.2) is 16.6 Å². The number of hydrogen-bond acceptors (Lipinski definition) is 2. The third-order valence-corrected chi connectivity index (χ3v) is 4.42. The molecule has 1 aromatic carbocycles. The summed E-state index contributed by atoms with van der Waals surface area (Å²) < 4.78 is 18.5. The molecule has 3 rings (SSSR count). The van der Waals surface area contributed by atoms with E-state index in [1.54, 1.807) is 6.07 Å². The summed E-state index contributed by atoms with van der Waals surface area (Å²) >= 11 is 8.69. The number of hydrogen-bond donors (Lipinski definition) is 1. The van der Waals surface area contributed by atoms with E-state index < -0.39 is 0 Å². The maximum absolute atomic E-state index is 13.7. The van der Waals surface area contributed by atoms with Crippen molar-refractivity contribution in [2.24, 2.45) is 0 Å². The van der Waals surface area contributed by atoms with E-state index in [2.05, 4.69) is 26.0 Å². The number of aromatic amines is 1. The highest BCUT2D eigenvalue weighted by atomic mass is 79.9. The highest BCUT2D eigenvalue weighted by molar-refractivity contribution is 9.10. The topological polar surface area (TPSA) is 38.5 Å². The monoisotopic (exact) mass is 368 g/mol. The van der Waals surface area contributed by atoms with E-state index in [1.807, 2.05) is 30.0 Å². The van der Waals surface area contributed by atoms with E-state index in [-0.39, 0.29) is 5.82 Å². The second-order valence-electron chi connectivity index (χ2n) is 4.92. The van der Waals surface area contributed by atoms with E-state index in [0.29, 0.717) is 9.24 Å². The van der Waals surface area contributed by atoms with Crippen molar-refractivity contribution in [1.82, 2.24) is 19.3 Å². The fourth-order valence-corrected chi connectivity index (χ4v) is 3.14. The lowest BCUT2D eigenvalue weighted by Gasteiger charge is -2.10. The second-order valence-corrected chi connectivity index (χ2v) is 6.16. The van der Waals surface area contributed by atoms with Crippen LogP contribution in [0, 0.1) is 24.4 Å². The number of rotatable bonds is 2. The molecule has 0 unspecified atom stereocenters. The van der Waals surface area contributed by atoms with E-state index >= 15 is 0 Å². The number of aryl methyl sites for hydroxylation is 3. The molecular formula is C14H14BrFN4S. The number of halogens is 2. The molecule has 0 aliphatic carbocycles. The van der Waals surface area contributed by atoms with Gasteiger partial charge in [0.15, 0.2) is 10.4 Å². The minimum Gasteiger partial charge on any atom is -0.327 e. The SMILES string of the molecule is CCn1nc(C)c2[nH]c(=S)n(-c3cc(Br)c(F)cc3C)c21. The summed E-state index contributed by atoms with van der Waals surface area (Å²) in [7, 11) is 0. The number of nitrogens with zero attached hydrogens (tertiary/aromatic N) is 3. The maximum atomic E-state index is 13.7. The molecule has 0 saturated heterocycles. The van der Waals surface area contributed by atoms with Crippen molar-refractivity contribution in [3.05, 3.63) is 38.5 Å². The molecule has 0 spiro atoms. The smallest absolute Gasteiger partial charge is 0.184 e. The Balaban J connectivity index is 2.43. The zero-order chi connectivity index (χ0) is 15.3. The van der Waals surface area contributed by atoms with Gasteiger partial charge in [-0.25, -0.2) is 9.07 Å². The predicted molar refractivity (Wildman–Crippen MR) is 87.1 cm³/mol. The van der Waals surface area contributed by atoms with Crippen molar-refractivity contribution in [2.45, 2.75) is 27.3 Å². The molecule has 2 aromatic heterocycles. The molecule has 4 nitrogen and oxygen atoms in total. The van der Waals surface area contributed by atoms with Crippen LogP contribution in [0.2, 0.25) is 0 Å². The van der Waals surface area contributed by atoms with Crippen LogP contribution in [0.3, 0.4) is 0 Å². The summed E-state index contributed by atoms with van der Waals surface area (Å²) in [6.07, 6.45) is 0.